The van der Waals surface area contributed by atoms with E-state index in [1.54, 1.807) is 31.4 Å². The molecule has 1 N–H and O–H groups in total. The van der Waals surface area contributed by atoms with Crippen LogP contribution in [0.3, 0.4) is 0 Å². The number of pyridine rings is 1. The van der Waals surface area contributed by atoms with Gasteiger partial charge < -0.3 is 19.5 Å². The van der Waals surface area contributed by atoms with Crippen molar-refractivity contribution in [3.05, 3.63) is 53.7 Å². The Balaban J connectivity index is 1.35. The third kappa shape index (κ3) is 6.75. The molecule has 0 bridgehead atoms. The van der Waals surface area contributed by atoms with Crippen molar-refractivity contribution in [2.45, 2.75) is 32.6 Å². The van der Waals surface area contributed by atoms with E-state index in [9.17, 15) is 4.79 Å². The Morgan fingerprint density at radius 2 is 1.76 bits per heavy atom. The van der Waals surface area contributed by atoms with Gasteiger partial charge in [0.1, 0.15) is 5.75 Å². The van der Waals surface area contributed by atoms with Crippen LogP contribution in [0.4, 0.5) is 0 Å². The lowest BCUT2D eigenvalue weighted by Crippen LogP contribution is -2.32. The van der Waals surface area contributed by atoms with E-state index < -0.39 is 0 Å². The van der Waals surface area contributed by atoms with Crippen molar-refractivity contribution in [3.63, 3.8) is 0 Å². The predicted octanol–water partition coefficient (Wildman–Crippen LogP) is 3.99. The van der Waals surface area contributed by atoms with Gasteiger partial charge in [0, 0.05) is 31.5 Å². The Labute approximate surface area is 172 Å². The summed E-state index contributed by atoms with van der Waals surface area (Å²) in [5, 5.41) is 3.06. The van der Waals surface area contributed by atoms with Crippen LogP contribution in [-0.2, 0) is 4.74 Å². The van der Waals surface area contributed by atoms with E-state index in [4.69, 9.17) is 14.2 Å². The van der Waals surface area contributed by atoms with Crippen LogP contribution in [0.1, 0.15) is 41.6 Å². The number of methoxy groups -OCH3 is 1. The fraction of sp³-hybridized carbons (Fsp3) is 0.478. The van der Waals surface area contributed by atoms with Gasteiger partial charge in [-0.1, -0.05) is 6.07 Å². The molecule has 1 heterocycles. The maximum atomic E-state index is 12.4. The fourth-order valence-corrected chi connectivity index (χ4v) is 3.51. The number of hydrogen-bond donors (Lipinski definition) is 1. The van der Waals surface area contributed by atoms with E-state index in [0.29, 0.717) is 42.2 Å². The molecule has 156 valence electrons. The molecule has 1 aliphatic carbocycles. The summed E-state index contributed by atoms with van der Waals surface area (Å²) < 4.78 is 16.0. The van der Waals surface area contributed by atoms with Gasteiger partial charge in [0.2, 0.25) is 5.88 Å². The SMILES string of the molecule is COCOc1ccc(C(=O)NCC2CCC(COc3ccc(C)cn3)CC2)cc1. The average molecular weight is 399 g/mol. The molecule has 1 aliphatic rings. The number of ether oxygens (including phenoxy) is 3. The Bertz CT molecular complexity index is 753. The molecule has 0 radical (unpaired) electrons. The van der Waals surface area contributed by atoms with Crippen LogP contribution in [0.2, 0.25) is 0 Å². The molecular formula is C23H30N2O4. The molecule has 1 fully saturated rings. The zero-order valence-electron chi connectivity index (χ0n) is 17.2. The minimum atomic E-state index is -0.0424. The number of benzene rings is 1. The van der Waals surface area contributed by atoms with Gasteiger partial charge in [0.05, 0.1) is 6.61 Å². The standard InChI is InChI=1S/C23H30N2O4/c1-17-3-12-22(24-13-17)28-15-19-6-4-18(5-7-19)14-25-23(26)20-8-10-21(11-9-20)29-16-27-2/h3,8-13,18-19H,4-7,14-16H2,1-2H3,(H,25,26). The van der Waals surface area contributed by atoms with E-state index in [-0.39, 0.29) is 12.7 Å². The number of nitrogens with zero attached hydrogens (tertiary/aromatic N) is 1. The number of nitrogens with one attached hydrogen (secondary N) is 1. The molecule has 0 aliphatic heterocycles. The Hall–Kier alpha value is -2.60. The molecule has 1 amide bonds. The molecule has 0 saturated heterocycles. The summed E-state index contributed by atoms with van der Waals surface area (Å²) in [6, 6.07) is 11.0. The van der Waals surface area contributed by atoms with E-state index in [0.717, 1.165) is 31.2 Å². The highest BCUT2D eigenvalue weighted by molar-refractivity contribution is 5.94. The Kier molecular flexibility index (Phi) is 7.87. The van der Waals surface area contributed by atoms with Crippen molar-refractivity contribution in [2.24, 2.45) is 11.8 Å². The smallest absolute Gasteiger partial charge is 0.251 e. The molecular weight excluding hydrogens is 368 g/mol. The zero-order valence-corrected chi connectivity index (χ0v) is 17.2. The fourth-order valence-electron chi connectivity index (χ4n) is 3.51. The molecule has 0 spiro atoms. The van der Waals surface area contributed by atoms with Gasteiger partial charge in [0.15, 0.2) is 6.79 Å². The van der Waals surface area contributed by atoms with E-state index in [1.807, 2.05) is 25.3 Å². The Morgan fingerprint density at radius 1 is 1.03 bits per heavy atom. The first-order valence-electron chi connectivity index (χ1n) is 10.2. The summed E-state index contributed by atoms with van der Waals surface area (Å²) in [5.41, 5.74) is 1.78. The first kappa shape index (κ1) is 21.1. The van der Waals surface area contributed by atoms with Crippen molar-refractivity contribution in [1.29, 1.82) is 0 Å². The van der Waals surface area contributed by atoms with Crippen molar-refractivity contribution < 1.29 is 19.0 Å². The van der Waals surface area contributed by atoms with Gasteiger partial charge in [0.25, 0.3) is 5.91 Å². The summed E-state index contributed by atoms with van der Waals surface area (Å²) >= 11 is 0. The summed E-state index contributed by atoms with van der Waals surface area (Å²) in [5.74, 6) is 2.43. The molecule has 1 aromatic carbocycles. The maximum Gasteiger partial charge on any atom is 0.251 e. The summed E-state index contributed by atoms with van der Waals surface area (Å²) in [4.78, 5) is 16.6. The highest BCUT2D eigenvalue weighted by Gasteiger charge is 2.22. The number of aryl methyl sites for hydroxylation is 1. The molecule has 1 aromatic heterocycles. The lowest BCUT2D eigenvalue weighted by atomic mass is 9.82. The number of amides is 1. The summed E-state index contributed by atoms with van der Waals surface area (Å²) in [6.07, 6.45) is 6.30. The molecule has 0 unspecified atom stereocenters. The van der Waals surface area contributed by atoms with Crippen LogP contribution in [0.15, 0.2) is 42.6 Å². The van der Waals surface area contributed by atoms with Crippen LogP contribution >= 0.6 is 0 Å². The molecule has 6 nitrogen and oxygen atoms in total. The number of carbonyl (C=O) groups is 1. The van der Waals surface area contributed by atoms with Crippen molar-refractivity contribution in [3.8, 4) is 11.6 Å². The number of hydrogen-bond acceptors (Lipinski definition) is 5. The number of rotatable bonds is 9. The molecule has 2 aromatic rings. The first-order chi connectivity index (χ1) is 14.1. The van der Waals surface area contributed by atoms with Gasteiger partial charge in [-0.25, -0.2) is 4.98 Å². The molecule has 29 heavy (non-hydrogen) atoms. The van der Waals surface area contributed by atoms with E-state index >= 15 is 0 Å². The molecule has 6 heteroatoms. The largest absolute Gasteiger partial charge is 0.477 e. The van der Waals surface area contributed by atoms with Crippen molar-refractivity contribution >= 4 is 5.91 Å². The monoisotopic (exact) mass is 398 g/mol. The highest BCUT2D eigenvalue weighted by Crippen LogP contribution is 2.29. The second-order valence-corrected chi connectivity index (χ2v) is 7.66. The zero-order chi connectivity index (χ0) is 20.5. The lowest BCUT2D eigenvalue weighted by molar-refractivity contribution is 0.0511. The maximum absolute atomic E-state index is 12.4. The molecule has 1 saturated carbocycles. The van der Waals surface area contributed by atoms with Gasteiger partial charge in [-0.05, 0) is 74.3 Å². The predicted molar refractivity (Wildman–Crippen MR) is 111 cm³/mol. The lowest BCUT2D eigenvalue weighted by Gasteiger charge is -2.28. The van der Waals surface area contributed by atoms with Crippen molar-refractivity contribution in [1.82, 2.24) is 10.3 Å². The van der Waals surface area contributed by atoms with E-state index in [1.165, 1.54) is 0 Å². The third-order valence-corrected chi connectivity index (χ3v) is 5.33. The molecule has 0 atom stereocenters. The normalized spacial score (nSPS) is 18.8. The van der Waals surface area contributed by atoms with Gasteiger partial charge in [-0.15, -0.1) is 0 Å². The number of aromatic nitrogens is 1. The van der Waals surface area contributed by atoms with Crippen LogP contribution < -0.4 is 14.8 Å². The third-order valence-electron chi connectivity index (χ3n) is 5.33. The average Bonchev–Trinajstić information content (AvgIpc) is 2.76. The Morgan fingerprint density at radius 3 is 2.41 bits per heavy atom. The van der Waals surface area contributed by atoms with E-state index in [2.05, 4.69) is 10.3 Å². The highest BCUT2D eigenvalue weighted by atomic mass is 16.7. The van der Waals surface area contributed by atoms with Gasteiger partial charge in [-0.3, -0.25) is 4.79 Å². The number of carbonyl (C=O) groups excluding carboxylic acids is 1. The van der Waals surface area contributed by atoms with Gasteiger partial charge in [-0.2, -0.15) is 0 Å². The molecule has 3 rings (SSSR count). The van der Waals surface area contributed by atoms with Crippen LogP contribution in [-0.4, -0.2) is 37.9 Å². The van der Waals surface area contributed by atoms with Crippen LogP contribution in [0.5, 0.6) is 11.6 Å². The topological polar surface area (TPSA) is 69.7 Å². The van der Waals surface area contributed by atoms with Gasteiger partial charge >= 0.3 is 0 Å². The van der Waals surface area contributed by atoms with Crippen LogP contribution in [0, 0.1) is 18.8 Å². The minimum Gasteiger partial charge on any atom is -0.477 e. The first-order valence-corrected chi connectivity index (χ1v) is 10.2. The second-order valence-electron chi connectivity index (χ2n) is 7.66. The van der Waals surface area contributed by atoms with Crippen LogP contribution in [0.25, 0.3) is 0 Å². The minimum absolute atomic E-state index is 0.0424. The second kappa shape index (κ2) is 10.8. The quantitative estimate of drug-likeness (QED) is 0.647. The van der Waals surface area contributed by atoms with Crippen molar-refractivity contribution in [2.75, 3.05) is 27.1 Å². The summed E-state index contributed by atoms with van der Waals surface area (Å²) in [6.45, 7) is 3.64. The summed E-state index contributed by atoms with van der Waals surface area (Å²) in [7, 11) is 1.57.